The van der Waals surface area contributed by atoms with E-state index in [1.54, 1.807) is 37.4 Å². The fourth-order valence-electron chi connectivity index (χ4n) is 9.37. The molecular weight excluding hydrogens is 1030 g/mol. The number of hydrogen-bond acceptors (Lipinski definition) is 20. The third-order valence-corrected chi connectivity index (χ3v) is 15.7. The minimum absolute atomic E-state index is 0.0134. The summed E-state index contributed by atoms with van der Waals surface area (Å²) in [5.41, 5.74) is -0.738. The molecule has 1 aliphatic carbocycles. The summed E-state index contributed by atoms with van der Waals surface area (Å²) >= 11 is 0. The zero-order valence-electron chi connectivity index (χ0n) is 41.4. The first-order valence-corrected chi connectivity index (χ1v) is 28.2. The van der Waals surface area contributed by atoms with Crippen molar-refractivity contribution in [1.82, 2.24) is 5.06 Å². The molecule has 23 nitrogen and oxygen atoms in total. The van der Waals surface area contributed by atoms with Gasteiger partial charge in [-0.25, -0.2) is 21.6 Å². The summed E-state index contributed by atoms with van der Waals surface area (Å²) in [7, 11) is -12.8. The molecule has 2 amide bonds. The number of allylic oxidation sites excluding steroid dienone is 5. The summed E-state index contributed by atoms with van der Waals surface area (Å²) in [6.07, 6.45) is 2.24. The number of fused-ring (bicyclic) bond motifs is 2. The minimum Gasteiger partial charge on any atom is -0.744 e. The highest BCUT2D eigenvalue weighted by molar-refractivity contribution is 7.86. The monoisotopic (exact) mass is 1090 g/mol. The van der Waals surface area contributed by atoms with Crippen LogP contribution in [0.4, 0.5) is 11.4 Å². The van der Waals surface area contributed by atoms with Crippen molar-refractivity contribution in [2.24, 2.45) is 0 Å². The van der Waals surface area contributed by atoms with Crippen molar-refractivity contribution < 1.29 is 96.3 Å². The number of carbonyl (C=O) groups is 4. The molecule has 1 fully saturated rings. The van der Waals surface area contributed by atoms with E-state index in [1.807, 2.05) is 0 Å². The molecule has 3 heterocycles. The van der Waals surface area contributed by atoms with Crippen LogP contribution in [0.1, 0.15) is 76.8 Å². The zero-order chi connectivity index (χ0) is 54.2. The maximum Gasteiger partial charge on any atom is 0.333 e. The summed E-state index contributed by atoms with van der Waals surface area (Å²) in [6, 6.07) is 7.48. The van der Waals surface area contributed by atoms with Gasteiger partial charge in [0, 0.05) is 74.0 Å². The lowest BCUT2D eigenvalue weighted by Crippen LogP contribution is -2.35. The maximum atomic E-state index is 14.4. The van der Waals surface area contributed by atoms with Crippen LogP contribution in [0, 0.1) is 0 Å². The number of likely N-dealkylation sites (N-methyl/N-ethyl adjacent to an activating group) is 1. The van der Waals surface area contributed by atoms with Crippen molar-refractivity contribution in [3.8, 4) is 0 Å². The Balaban J connectivity index is 1.34. The highest BCUT2D eigenvalue weighted by Crippen LogP contribution is 2.52. The first kappa shape index (κ1) is 58.0. The molecule has 2 atom stereocenters. The van der Waals surface area contributed by atoms with Crippen molar-refractivity contribution in [2.75, 3.05) is 90.3 Å². The molecule has 4 aliphatic rings. The number of Topliss-reactive ketones (excluding diaryl/α,β-unsaturated/α-hetero) is 1. The molecule has 0 aromatic heterocycles. The van der Waals surface area contributed by atoms with E-state index in [-0.39, 0.29) is 95.6 Å². The Hall–Kier alpha value is -5.26. The lowest BCUT2D eigenvalue weighted by molar-refractivity contribution is -0.438. The van der Waals surface area contributed by atoms with Gasteiger partial charge in [-0.3, -0.25) is 18.9 Å². The van der Waals surface area contributed by atoms with Crippen molar-refractivity contribution in [3.05, 3.63) is 82.3 Å². The third-order valence-electron chi connectivity index (χ3n) is 13.2. The van der Waals surface area contributed by atoms with Gasteiger partial charge in [0.05, 0.1) is 91.4 Å². The number of aliphatic hydroxyl groups excluding tert-OH is 1. The molecule has 3 aliphatic heterocycles. The zero-order valence-corrected chi connectivity index (χ0v) is 43.8. The van der Waals surface area contributed by atoms with Gasteiger partial charge in [0.1, 0.15) is 32.5 Å². The van der Waals surface area contributed by atoms with E-state index in [0.29, 0.717) is 72.0 Å². The van der Waals surface area contributed by atoms with Crippen molar-refractivity contribution >= 4 is 71.0 Å². The minimum atomic E-state index is -5.00. The van der Waals surface area contributed by atoms with Crippen LogP contribution in [0.5, 0.6) is 0 Å². The normalized spacial score (nSPS) is 21.1. The van der Waals surface area contributed by atoms with Crippen LogP contribution in [-0.2, 0) is 88.9 Å². The maximum absolute atomic E-state index is 14.4. The molecule has 406 valence electrons. The molecule has 1 saturated heterocycles. The highest BCUT2D eigenvalue weighted by atomic mass is 32.2. The van der Waals surface area contributed by atoms with Crippen molar-refractivity contribution in [3.63, 3.8) is 0 Å². The van der Waals surface area contributed by atoms with E-state index in [9.17, 15) is 63.2 Å². The first-order chi connectivity index (χ1) is 34.9. The van der Waals surface area contributed by atoms with Crippen molar-refractivity contribution in [1.29, 1.82) is 0 Å². The lowest BCUT2D eigenvalue weighted by atomic mass is 9.74. The van der Waals surface area contributed by atoms with E-state index in [2.05, 4.69) is 0 Å². The van der Waals surface area contributed by atoms with Gasteiger partial charge in [-0.15, -0.1) is 5.06 Å². The Labute approximate surface area is 429 Å². The van der Waals surface area contributed by atoms with Gasteiger partial charge in [-0.05, 0) is 82.0 Å². The largest absolute Gasteiger partial charge is 0.744 e. The van der Waals surface area contributed by atoms with E-state index < -0.39 is 86.1 Å². The van der Waals surface area contributed by atoms with E-state index >= 15 is 0 Å². The number of ketones is 1. The van der Waals surface area contributed by atoms with Crippen LogP contribution >= 0.6 is 0 Å². The lowest BCUT2D eigenvalue weighted by Gasteiger charge is -2.31. The fourth-order valence-corrected chi connectivity index (χ4v) is 10.9. The Kier molecular flexibility index (Phi) is 18.9. The molecule has 2 unspecified atom stereocenters. The van der Waals surface area contributed by atoms with E-state index in [4.69, 9.17) is 28.5 Å². The van der Waals surface area contributed by atoms with Crippen molar-refractivity contribution in [2.45, 2.75) is 86.3 Å². The van der Waals surface area contributed by atoms with Gasteiger partial charge in [0.2, 0.25) is 11.5 Å². The van der Waals surface area contributed by atoms with Gasteiger partial charge in [-0.1, -0.05) is 0 Å². The quantitative estimate of drug-likeness (QED) is 0.0389. The molecule has 74 heavy (non-hydrogen) atoms. The summed E-state index contributed by atoms with van der Waals surface area (Å²) in [5.74, 6) is -4.04. The van der Waals surface area contributed by atoms with Crippen LogP contribution in [0.25, 0.3) is 0 Å². The van der Waals surface area contributed by atoms with Gasteiger partial charge in [-0.2, -0.15) is 13.0 Å². The number of carbonyl (C=O) groups excluding carboxylic acids is 4. The fraction of sp³-hybridized carbons (Fsp3) is 0.521. The second-order valence-electron chi connectivity index (χ2n) is 18.1. The number of aliphatic hydroxyl groups is 1. The molecule has 0 radical (unpaired) electrons. The second-order valence-corrected chi connectivity index (χ2v) is 22.5. The number of hydrogen-bond donors (Lipinski definition) is 2. The average molecular weight is 1100 g/mol. The molecule has 2 aromatic rings. The van der Waals surface area contributed by atoms with Gasteiger partial charge >= 0.3 is 5.97 Å². The number of nitrogens with zero attached hydrogens (tertiary/aromatic N) is 3. The average Bonchev–Trinajstić information content (AvgIpc) is 3.86. The van der Waals surface area contributed by atoms with E-state index in [1.165, 1.54) is 36.4 Å². The predicted octanol–water partition coefficient (Wildman–Crippen LogP) is 3.01. The molecule has 2 aromatic carbocycles. The molecule has 0 saturated carbocycles. The number of methoxy groups -OCH3 is 1. The molecule has 2 N–H and O–H groups in total. The number of hydroxylamine groups is 2. The number of benzene rings is 2. The van der Waals surface area contributed by atoms with Crippen LogP contribution < -0.4 is 4.90 Å². The van der Waals surface area contributed by atoms with Crippen LogP contribution in [0.2, 0.25) is 0 Å². The summed E-state index contributed by atoms with van der Waals surface area (Å²) in [5, 5.41) is 12.3. The predicted molar refractivity (Wildman–Crippen MR) is 259 cm³/mol. The van der Waals surface area contributed by atoms with Gasteiger partial charge in [0.25, 0.3) is 21.9 Å². The molecular formula is C48H60N3O20S3-. The Morgan fingerprint density at radius 1 is 0.757 bits per heavy atom. The topological polar surface area (TPSA) is 322 Å². The number of anilines is 1. The number of amides is 2. The standard InChI is InChI=1S/C48H61N3O20S3/c1-5-49-38-11-9-32(73(60,61)62)28-36(38)47(2,15-7-27-72(57,58)59)40(49)30-34-45(55)35(46(34)56)31-41-48(3,16-18-67-21-22-69-25-26-70-24-23-68-20-19-66-4)37-29-33(74(63,64)65)10-12-39(37)50(41)17-6-8-44(54)71-51-42(52)13-14-43(51)53/h9-12,28-31H,5-8,13-27H2,1-4H3,(H3-,55,56,57,58,59,60,61,62,63,64,65)/p-1. The number of rotatable bonds is 29. The third kappa shape index (κ3) is 13.4. The van der Waals surface area contributed by atoms with E-state index in [0.717, 1.165) is 12.1 Å². The number of imide groups is 1. The highest BCUT2D eigenvalue weighted by Gasteiger charge is 2.50. The number of ether oxygens (including phenoxy) is 5. The summed E-state index contributed by atoms with van der Waals surface area (Å²) < 4.78 is 136. The molecule has 0 spiro atoms. The molecule has 6 rings (SSSR count). The Morgan fingerprint density at radius 2 is 1.31 bits per heavy atom. The molecule has 26 heteroatoms. The Bertz CT molecular complexity index is 2970. The summed E-state index contributed by atoms with van der Waals surface area (Å²) in [4.78, 5) is 57.3. The SMILES string of the molecule is CCN1C(=CC2=C(O)C(=CC3=[N+](CCCC(=O)ON4C(=O)CCC4=O)c4ccc(S(=O)(=O)[O-])cc4C3(C)CCOCCOCCOCCOCCOC)C2=O)C(C)(CCCS(=O)(=O)O)c2cc(S(=O)(=O)[O-])ccc21. The van der Waals surface area contributed by atoms with Crippen LogP contribution in [-0.4, -0.2) is 168 Å². The summed E-state index contributed by atoms with van der Waals surface area (Å²) in [6.45, 7) is 7.95. The Morgan fingerprint density at radius 3 is 1.85 bits per heavy atom. The van der Waals surface area contributed by atoms with Crippen LogP contribution in [0.15, 0.2) is 80.9 Å². The first-order valence-electron chi connectivity index (χ1n) is 23.7. The van der Waals surface area contributed by atoms with Gasteiger partial charge < -0.3 is 47.6 Å². The second kappa shape index (κ2) is 24.2. The molecule has 0 bridgehead atoms. The van der Waals surface area contributed by atoms with Crippen LogP contribution in [0.3, 0.4) is 0 Å². The smallest absolute Gasteiger partial charge is 0.333 e. The van der Waals surface area contributed by atoms with Gasteiger partial charge in [0.15, 0.2) is 5.71 Å².